The van der Waals surface area contributed by atoms with E-state index in [0.717, 1.165) is 24.2 Å². The maximum atomic E-state index is 12.8. The average molecular weight is 418 g/mol. The molecule has 0 saturated heterocycles. The van der Waals surface area contributed by atoms with Crippen LogP contribution >= 0.6 is 0 Å². The highest BCUT2D eigenvalue weighted by Crippen LogP contribution is 2.11. The molecule has 0 aliphatic heterocycles. The molecule has 0 unspecified atom stereocenters. The Morgan fingerprint density at radius 2 is 1.84 bits per heavy atom. The van der Waals surface area contributed by atoms with Crippen LogP contribution in [0.3, 0.4) is 0 Å². The fourth-order valence-electron chi connectivity index (χ4n) is 3.08. The minimum absolute atomic E-state index is 0.137. The Hall–Kier alpha value is -3.80. The first kappa shape index (κ1) is 21.9. The number of hydrogen-bond acceptors (Lipinski definition) is 4. The van der Waals surface area contributed by atoms with Crippen molar-refractivity contribution in [1.29, 1.82) is 0 Å². The zero-order chi connectivity index (χ0) is 22.1. The molecule has 2 aromatic carbocycles. The Morgan fingerprint density at radius 3 is 2.55 bits per heavy atom. The highest BCUT2D eigenvalue weighted by atomic mass is 16.3. The predicted octanol–water partition coefficient (Wildman–Crippen LogP) is 4.00. The van der Waals surface area contributed by atoms with Gasteiger partial charge in [-0.3, -0.25) is 9.59 Å². The van der Waals surface area contributed by atoms with Crippen LogP contribution in [-0.4, -0.2) is 32.0 Å². The number of amides is 2. The van der Waals surface area contributed by atoms with E-state index in [4.69, 9.17) is 4.42 Å². The molecule has 3 rings (SSSR count). The molecule has 1 aromatic heterocycles. The number of aryl methyl sites for hydroxylation is 1. The molecule has 0 radical (unpaired) electrons. The van der Waals surface area contributed by atoms with Gasteiger partial charge in [-0.2, -0.15) is 0 Å². The number of carbonyl (C=O) groups is 2. The fraction of sp³-hybridized carbons (Fsp3) is 0.200. The lowest BCUT2D eigenvalue weighted by Gasteiger charge is -2.19. The number of furan rings is 1. The van der Waals surface area contributed by atoms with Crippen molar-refractivity contribution in [2.24, 2.45) is 0 Å². The Kier molecular flexibility index (Phi) is 7.65. The normalized spacial score (nSPS) is 11.1. The van der Waals surface area contributed by atoms with Crippen molar-refractivity contribution < 1.29 is 14.0 Å². The lowest BCUT2D eigenvalue weighted by atomic mass is 10.1. The van der Waals surface area contributed by atoms with E-state index in [2.05, 4.69) is 15.5 Å². The number of rotatable bonds is 9. The first-order chi connectivity index (χ1) is 15.0. The summed E-state index contributed by atoms with van der Waals surface area (Å²) in [4.78, 5) is 27.5. The summed E-state index contributed by atoms with van der Waals surface area (Å²) in [5.41, 5.74) is 2.72. The third-order valence-electron chi connectivity index (χ3n) is 4.76. The van der Waals surface area contributed by atoms with E-state index in [9.17, 15) is 9.59 Å². The maximum absolute atomic E-state index is 12.8. The first-order valence-electron chi connectivity index (χ1n) is 10.2. The quantitative estimate of drug-likeness (QED) is 0.408. The SMILES string of the molecule is Cc1cccc(C(=O)N/C(=C\c2ccco2)C(=O)NCCCN(C)c2ccccc2)c1. The van der Waals surface area contributed by atoms with E-state index in [1.54, 1.807) is 24.3 Å². The van der Waals surface area contributed by atoms with Gasteiger partial charge in [0.1, 0.15) is 11.5 Å². The molecule has 1 heterocycles. The smallest absolute Gasteiger partial charge is 0.267 e. The summed E-state index contributed by atoms with van der Waals surface area (Å²) >= 11 is 0. The summed E-state index contributed by atoms with van der Waals surface area (Å²) in [5, 5.41) is 5.59. The molecule has 0 bridgehead atoms. The summed E-state index contributed by atoms with van der Waals surface area (Å²) < 4.78 is 5.31. The summed E-state index contributed by atoms with van der Waals surface area (Å²) in [6.45, 7) is 3.18. The van der Waals surface area contributed by atoms with Gasteiger partial charge in [0, 0.05) is 37.5 Å². The van der Waals surface area contributed by atoms with E-state index in [0.29, 0.717) is 17.9 Å². The van der Waals surface area contributed by atoms with E-state index in [-0.39, 0.29) is 17.5 Å². The number of nitrogens with one attached hydrogen (secondary N) is 2. The van der Waals surface area contributed by atoms with Gasteiger partial charge in [0.05, 0.1) is 6.26 Å². The van der Waals surface area contributed by atoms with Crippen molar-refractivity contribution >= 4 is 23.6 Å². The molecule has 0 aliphatic rings. The minimum atomic E-state index is -0.361. The zero-order valence-electron chi connectivity index (χ0n) is 17.8. The summed E-state index contributed by atoms with van der Waals surface area (Å²) in [6, 6.07) is 20.7. The van der Waals surface area contributed by atoms with Gasteiger partial charge in [0.25, 0.3) is 11.8 Å². The number of carbonyl (C=O) groups excluding carboxylic acids is 2. The van der Waals surface area contributed by atoms with Gasteiger partial charge in [-0.05, 0) is 49.7 Å². The Labute approximate surface area is 182 Å². The van der Waals surface area contributed by atoms with E-state index >= 15 is 0 Å². The highest BCUT2D eigenvalue weighted by Gasteiger charge is 2.15. The third kappa shape index (κ3) is 6.60. The number of hydrogen-bond donors (Lipinski definition) is 2. The Morgan fingerprint density at radius 1 is 1.03 bits per heavy atom. The van der Waals surface area contributed by atoms with Crippen molar-refractivity contribution in [3.8, 4) is 0 Å². The van der Waals surface area contributed by atoms with E-state index < -0.39 is 0 Å². The van der Waals surface area contributed by atoms with Crippen molar-refractivity contribution in [1.82, 2.24) is 10.6 Å². The van der Waals surface area contributed by atoms with Crippen LogP contribution in [0.2, 0.25) is 0 Å². The largest absolute Gasteiger partial charge is 0.465 e. The first-order valence-corrected chi connectivity index (χ1v) is 10.2. The molecule has 3 aromatic rings. The van der Waals surface area contributed by atoms with Gasteiger partial charge >= 0.3 is 0 Å². The molecule has 31 heavy (non-hydrogen) atoms. The second kappa shape index (κ2) is 10.8. The summed E-state index contributed by atoms with van der Waals surface area (Å²) in [6.07, 6.45) is 3.80. The summed E-state index contributed by atoms with van der Waals surface area (Å²) in [7, 11) is 2.02. The second-order valence-corrected chi connectivity index (χ2v) is 7.26. The molecular weight excluding hydrogens is 390 g/mol. The highest BCUT2D eigenvalue weighted by molar-refractivity contribution is 6.05. The van der Waals surface area contributed by atoms with Crippen LogP contribution in [0.5, 0.6) is 0 Å². The number of para-hydroxylation sites is 1. The molecule has 0 spiro atoms. The van der Waals surface area contributed by atoms with Crippen molar-refractivity contribution in [3.05, 3.63) is 95.6 Å². The summed E-state index contributed by atoms with van der Waals surface area (Å²) in [5.74, 6) is -0.223. The van der Waals surface area contributed by atoms with Crippen molar-refractivity contribution in [3.63, 3.8) is 0 Å². The molecule has 6 nitrogen and oxygen atoms in total. The van der Waals surface area contributed by atoms with Gasteiger partial charge < -0.3 is 20.0 Å². The maximum Gasteiger partial charge on any atom is 0.267 e. The van der Waals surface area contributed by atoms with Crippen molar-refractivity contribution in [2.75, 3.05) is 25.0 Å². The molecule has 0 fully saturated rings. The zero-order valence-corrected chi connectivity index (χ0v) is 17.8. The van der Waals surface area contributed by atoms with Crippen molar-refractivity contribution in [2.45, 2.75) is 13.3 Å². The van der Waals surface area contributed by atoms with Crippen LogP contribution in [0.1, 0.15) is 28.1 Å². The van der Waals surface area contributed by atoms with Gasteiger partial charge in [-0.15, -0.1) is 0 Å². The van der Waals surface area contributed by atoms with Gasteiger partial charge in [-0.25, -0.2) is 0 Å². The Bertz CT molecular complexity index is 1030. The fourth-order valence-corrected chi connectivity index (χ4v) is 3.08. The molecule has 160 valence electrons. The van der Waals surface area contributed by atoms with Crippen LogP contribution in [0.25, 0.3) is 6.08 Å². The van der Waals surface area contributed by atoms with Crippen LogP contribution in [-0.2, 0) is 4.79 Å². The average Bonchev–Trinajstić information content (AvgIpc) is 3.29. The molecule has 0 aliphatic carbocycles. The molecule has 0 saturated carbocycles. The van der Waals surface area contributed by atoms with Crippen LogP contribution < -0.4 is 15.5 Å². The molecule has 6 heteroatoms. The molecular formula is C25H27N3O3. The van der Waals surface area contributed by atoms with E-state index in [1.165, 1.54) is 12.3 Å². The predicted molar refractivity (Wildman–Crippen MR) is 123 cm³/mol. The second-order valence-electron chi connectivity index (χ2n) is 7.26. The number of anilines is 1. The van der Waals surface area contributed by atoms with E-state index in [1.807, 2.05) is 56.4 Å². The molecule has 2 N–H and O–H groups in total. The van der Waals surface area contributed by atoms with Gasteiger partial charge in [0.15, 0.2) is 0 Å². The van der Waals surface area contributed by atoms with Crippen LogP contribution in [0.15, 0.2) is 83.1 Å². The molecule has 0 atom stereocenters. The lowest BCUT2D eigenvalue weighted by Crippen LogP contribution is -2.36. The minimum Gasteiger partial charge on any atom is -0.465 e. The van der Waals surface area contributed by atoms with Crippen LogP contribution in [0.4, 0.5) is 5.69 Å². The van der Waals surface area contributed by atoms with Crippen LogP contribution in [0, 0.1) is 6.92 Å². The Balaban J connectivity index is 1.60. The third-order valence-corrected chi connectivity index (χ3v) is 4.76. The number of benzene rings is 2. The lowest BCUT2D eigenvalue weighted by molar-refractivity contribution is -0.117. The van der Waals surface area contributed by atoms with Gasteiger partial charge in [-0.1, -0.05) is 35.9 Å². The topological polar surface area (TPSA) is 74.6 Å². The number of nitrogens with zero attached hydrogens (tertiary/aromatic N) is 1. The van der Waals surface area contributed by atoms with Gasteiger partial charge in [0.2, 0.25) is 0 Å². The standard InChI is InChI=1S/C25H27N3O3/c1-19-9-6-10-20(17-19)24(29)27-23(18-22-13-7-16-31-22)25(30)26-14-8-15-28(2)21-11-4-3-5-12-21/h3-7,9-13,16-18H,8,14-15H2,1-2H3,(H,26,30)(H,27,29)/b23-18-. The monoisotopic (exact) mass is 417 g/mol. The molecule has 2 amide bonds.